The van der Waals surface area contributed by atoms with Gasteiger partial charge in [-0.05, 0) is 48.9 Å². The number of aromatic amines is 1. The topological polar surface area (TPSA) is 37.0 Å². The van der Waals surface area contributed by atoms with Crippen LogP contribution in [-0.4, -0.2) is 11.3 Å². The van der Waals surface area contributed by atoms with E-state index < -0.39 is 6.36 Å². The van der Waals surface area contributed by atoms with E-state index in [0.29, 0.717) is 0 Å². The number of halogens is 3. The van der Waals surface area contributed by atoms with Gasteiger partial charge in [0.15, 0.2) is 0 Å². The van der Waals surface area contributed by atoms with E-state index in [9.17, 15) is 13.2 Å². The molecule has 2 aromatic carbocycles. The van der Waals surface area contributed by atoms with Gasteiger partial charge in [-0.1, -0.05) is 12.1 Å². The molecule has 1 atom stereocenters. The van der Waals surface area contributed by atoms with Crippen LogP contribution in [0.4, 0.5) is 18.9 Å². The number of fused-ring (bicyclic) bond motifs is 1. The zero-order valence-corrected chi connectivity index (χ0v) is 12.3. The monoisotopic (exact) mass is 320 g/mol. The van der Waals surface area contributed by atoms with Crippen molar-refractivity contribution in [2.45, 2.75) is 19.3 Å². The Morgan fingerprint density at radius 2 is 1.78 bits per heavy atom. The van der Waals surface area contributed by atoms with Crippen molar-refractivity contribution in [3.63, 3.8) is 0 Å². The lowest BCUT2D eigenvalue weighted by molar-refractivity contribution is -0.274. The molecule has 0 amide bonds. The number of H-pyrrole nitrogens is 1. The molecular formula is C17H15F3N2O. The average molecular weight is 320 g/mol. The summed E-state index contributed by atoms with van der Waals surface area (Å²) >= 11 is 0. The molecule has 1 unspecified atom stereocenters. The quantitative estimate of drug-likeness (QED) is 0.690. The van der Waals surface area contributed by atoms with Crippen molar-refractivity contribution in [1.82, 2.24) is 4.98 Å². The second-order valence-electron chi connectivity index (χ2n) is 5.26. The number of ether oxygens (including phenoxy) is 1. The molecule has 0 aliphatic heterocycles. The van der Waals surface area contributed by atoms with Crippen molar-refractivity contribution >= 4 is 16.6 Å². The van der Waals surface area contributed by atoms with Gasteiger partial charge >= 0.3 is 6.36 Å². The van der Waals surface area contributed by atoms with E-state index in [1.807, 2.05) is 37.4 Å². The summed E-state index contributed by atoms with van der Waals surface area (Å²) in [6.07, 6.45) is -2.80. The van der Waals surface area contributed by atoms with Crippen LogP contribution in [-0.2, 0) is 0 Å². The number of anilines is 1. The molecule has 0 spiro atoms. The van der Waals surface area contributed by atoms with Gasteiger partial charge in [0.2, 0.25) is 0 Å². The predicted octanol–water partition coefficient (Wildman–Crippen LogP) is 5.24. The number of benzene rings is 2. The molecule has 0 saturated carbocycles. The van der Waals surface area contributed by atoms with Crippen LogP contribution < -0.4 is 10.1 Å². The summed E-state index contributed by atoms with van der Waals surface area (Å²) in [5.41, 5.74) is 2.87. The first-order valence-electron chi connectivity index (χ1n) is 7.10. The number of alkyl halides is 3. The lowest BCUT2D eigenvalue weighted by Crippen LogP contribution is -2.17. The van der Waals surface area contributed by atoms with Gasteiger partial charge in [-0.25, -0.2) is 0 Å². The van der Waals surface area contributed by atoms with Crippen molar-refractivity contribution in [3.8, 4) is 5.75 Å². The van der Waals surface area contributed by atoms with Gasteiger partial charge in [0, 0.05) is 28.8 Å². The maximum absolute atomic E-state index is 12.2. The number of nitrogens with one attached hydrogen (secondary N) is 2. The Labute approximate surface area is 131 Å². The second kappa shape index (κ2) is 5.87. The van der Waals surface area contributed by atoms with Crippen LogP contribution in [0.1, 0.15) is 18.5 Å². The number of hydrogen-bond acceptors (Lipinski definition) is 2. The van der Waals surface area contributed by atoms with E-state index in [4.69, 9.17) is 0 Å². The first-order chi connectivity index (χ1) is 10.9. The Balaban J connectivity index is 1.71. The van der Waals surface area contributed by atoms with Crippen LogP contribution in [0, 0.1) is 0 Å². The van der Waals surface area contributed by atoms with E-state index in [-0.39, 0.29) is 11.8 Å². The molecule has 3 nitrogen and oxygen atoms in total. The van der Waals surface area contributed by atoms with Crippen molar-refractivity contribution in [1.29, 1.82) is 0 Å². The fraction of sp³-hybridized carbons (Fsp3) is 0.176. The maximum Gasteiger partial charge on any atom is 0.573 e. The third-order valence-corrected chi connectivity index (χ3v) is 3.55. The van der Waals surface area contributed by atoms with Gasteiger partial charge < -0.3 is 15.0 Å². The first kappa shape index (κ1) is 15.3. The van der Waals surface area contributed by atoms with E-state index in [2.05, 4.69) is 15.0 Å². The largest absolute Gasteiger partial charge is 0.573 e. The van der Waals surface area contributed by atoms with Crippen LogP contribution in [0.3, 0.4) is 0 Å². The van der Waals surface area contributed by atoms with E-state index in [1.165, 1.54) is 12.1 Å². The van der Waals surface area contributed by atoms with Gasteiger partial charge in [0.1, 0.15) is 5.75 Å². The fourth-order valence-electron chi connectivity index (χ4n) is 2.43. The smallest absolute Gasteiger partial charge is 0.406 e. The molecule has 3 aromatic rings. The Hall–Kier alpha value is -2.63. The minimum Gasteiger partial charge on any atom is -0.406 e. The lowest BCUT2D eigenvalue weighted by Gasteiger charge is -2.16. The van der Waals surface area contributed by atoms with Crippen LogP contribution in [0.5, 0.6) is 5.75 Å². The van der Waals surface area contributed by atoms with Crippen LogP contribution >= 0.6 is 0 Å². The summed E-state index contributed by atoms with van der Waals surface area (Å²) in [7, 11) is 0. The minimum absolute atomic E-state index is 0.0497. The number of aromatic nitrogens is 1. The molecule has 1 heterocycles. The second-order valence-corrected chi connectivity index (χ2v) is 5.26. The van der Waals surface area contributed by atoms with E-state index in [0.717, 1.165) is 22.2 Å². The molecule has 3 rings (SSSR count). The molecule has 0 fully saturated rings. The summed E-state index contributed by atoms with van der Waals surface area (Å²) in [4.78, 5) is 3.12. The molecule has 0 aliphatic rings. The Morgan fingerprint density at radius 1 is 1.04 bits per heavy atom. The zero-order valence-electron chi connectivity index (χ0n) is 12.3. The number of hydrogen-bond donors (Lipinski definition) is 2. The number of rotatable bonds is 4. The fourth-order valence-corrected chi connectivity index (χ4v) is 2.43. The van der Waals surface area contributed by atoms with Crippen LogP contribution in [0.15, 0.2) is 54.7 Å². The highest BCUT2D eigenvalue weighted by atomic mass is 19.4. The third kappa shape index (κ3) is 3.77. The van der Waals surface area contributed by atoms with Crippen molar-refractivity contribution < 1.29 is 17.9 Å². The van der Waals surface area contributed by atoms with Crippen LogP contribution in [0.25, 0.3) is 10.9 Å². The Bertz CT molecular complexity index is 793. The van der Waals surface area contributed by atoms with Crippen molar-refractivity contribution in [3.05, 3.63) is 60.3 Å². The van der Waals surface area contributed by atoms with E-state index >= 15 is 0 Å². The SMILES string of the molecule is CC(Nc1ccc2[nH]ccc2c1)c1ccc(OC(F)(F)F)cc1. The summed E-state index contributed by atoms with van der Waals surface area (Å²) < 4.78 is 40.3. The Kier molecular flexibility index (Phi) is 3.90. The lowest BCUT2D eigenvalue weighted by atomic mass is 10.1. The standard InChI is InChI=1S/C17H15F3N2O/c1-11(12-2-5-15(6-3-12)23-17(18,19)20)22-14-4-7-16-13(10-14)8-9-21-16/h2-11,21-22H,1H3. The van der Waals surface area contributed by atoms with Gasteiger partial charge in [0.05, 0.1) is 0 Å². The zero-order chi connectivity index (χ0) is 16.4. The molecule has 0 bridgehead atoms. The van der Waals surface area contributed by atoms with Gasteiger partial charge in [-0.15, -0.1) is 13.2 Å². The summed E-state index contributed by atoms with van der Waals surface area (Å²) in [6.45, 7) is 1.95. The molecule has 0 aliphatic carbocycles. The molecule has 23 heavy (non-hydrogen) atoms. The highest BCUT2D eigenvalue weighted by molar-refractivity contribution is 5.83. The van der Waals surface area contributed by atoms with Gasteiger partial charge in [-0.3, -0.25) is 0 Å². The van der Waals surface area contributed by atoms with Crippen LogP contribution in [0.2, 0.25) is 0 Å². The highest BCUT2D eigenvalue weighted by Gasteiger charge is 2.31. The van der Waals surface area contributed by atoms with Crippen molar-refractivity contribution in [2.24, 2.45) is 0 Å². The van der Waals surface area contributed by atoms with Gasteiger partial charge in [-0.2, -0.15) is 0 Å². The maximum atomic E-state index is 12.2. The average Bonchev–Trinajstić information content (AvgIpc) is 2.94. The molecular weight excluding hydrogens is 305 g/mol. The van der Waals surface area contributed by atoms with E-state index in [1.54, 1.807) is 12.1 Å². The molecule has 0 radical (unpaired) electrons. The van der Waals surface area contributed by atoms with Gasteiger partial charge in [0.25, 0.3) is 0 Å². The molecule has 0 saturated heterocycles. The molecule has 120 valence electrons. The third-order valence-electron chi connectivity index (χ3n) is 3.55. The predicted molar refractivity (Wildman–Crippen MR) is 83.5 cm³/mol. The summed E-state index contributed by atoms with van der Waals surface area (Å²) in [6, 6.07) is 13.7. The normalized spacial score (nSPS) is 13.0. The molecule has 1 aromatic heterocycles. The molecule has 6 heteroatoms. The minimum atomic E-state index is -4.67. The van der Waals surface area contributed by atoms with Crippen molar-refractivity contribution in [2.75, 3.05) is 5.32 Å². The highest BCUT2D eigenvalue weighted by Crippen LogP contribution is 2.26. The Morgan fingerprint density at radius 3 is 2.48 bits per heavy atom. The molecule has 2 N–H and O–H groups in total. The first-order valence-corrected chi connectivity index (χ1v) is 7.10. The summed E-state index contributed by atoms with van der Waals surface area (Å²) in [5, 5.41) is 4.42. The summed E-state index contributed by atoms with van der Waals surface area (Å²) in [5.74, 6) is -0.220.